The Hall–Kier alpha value is -1.22. The Morgan fingerprint density at radius 3 is 2.39 bits per heavy atom. The quantitative estimate of drug-likeness (QED) is 0.290. The summed E-state index contributed by atoms with van der Waals surface area (Å²) in [6.07, 6.45) is 0. The molecule has 0 saturated carbocycles. The Balaban J connectivity index is 1.54. The highest BCUT2D eigenvalue weighted by atomic mass is 35.5. The maximum Gasteiger partial charge on any atom is 0.234 e. The van der Waals surface area contributed by atoms with E-state index in [-0.39, 0.29) is 37.4 Å². The SMILES string of the molecule is O=C(CSc1nnc(NCc2ccccc2)s1)Nc1c(Cl)c(Cl)cc(Cl)c1Cl. The summed E-state index contributed by atoms with van der Waals surface area (Å²) in [7, 11) is 0. The van der Waals surface area contributed by atoms with Gasteiger partial charge < -0.3 is 10.6 Å². The van der Waals surface area contributed by atoms with Gasteiger partial charge in [-0.15, -0.1) is 10.2 Å². The van der Waals surface area contributed by atoms with E-state index in [0.717, 1.165) is 5.56 Å². The molecular formula is C17H12Cl4N4OS2. The summed E-state index contributed by atoms with van der Waals surface area (Å²) in [4.78, 5) is 12.2. The minimum absolute atomic E-state index is 0.101. The van der Waals surface area contributed by atoms with Crippen LogP contribution < -0.4 is 10.6 Å². The Morgan fingerprint density at radius 2 is 1.71 bits per heavy atom. The topological polar surface area (TPSA) is 66.9 Å². The average molecular weight is 494 g/mol. The first-order valence-corrected chi connectivity index (χ1v) is 11.1. The number of carbonyl (C=O) groups is 1. The van der Waals surface area contributed by atoms with E-state index in [0.29, 0.717) is 16.0 Å². The maximum absolute atomic E-state index is 12.2. The molecule has 1 aromatic heterocycles. The molecule has 0 aliphatic rings. The van der Waals surface area contributed by atoms with E-state index in [1.54, 1.807) is 0 Å². The van der Waals surface area contributed by atoms with Crippen LogP contribution in [0.25, 0.3) is 0 Å². The van der Waals surface area contributed by atoms with Gasteiger partial charge in [0.05, 0.1) is 31.5 Å². The molecule has 2 aromatic carbocycles. The van der Waals surface area contributed by atoms with Gasteiger partial charge in [0.15, 0.2) is 4.34 Å². The summed E-state index contributed by atoms with van der Waals surface area (Å²) in [5.74, 6) is -0.217. The van der Waals surface area contributed by atoms with E-state index in [1.807, 2.05) is 30.3 Å². The fraction of sp³-hybridized carbons (Fsp3) is 0.118. The van der Waals surface area contributed by atoms with Crippen LogP contribution in [0.3, 0.4) is 0 Å². The Labute approximate surface area is 189 Å². The molecule has 1 heterocycles. The van der Waals surface area contributed by atoms with Crippen molar-refractivity contribution in [2.24, 2.45) is 0 Å². The summed E-state index contributed by atoms with van der Waals surface area (Å²) in [5.41, 5.74) is 1.33. The summed E-state index contributed by atoms with van der Waals surface area (Å²) in [5, 5.41) is 15.3. The Morgan fingerprint density at radius 1 is 1.04 bits per heavy atom. The monoisotopic (exact) mass is 492 g/mol. The molecule has 0 atom stereocenters. The number of thioether (sulfide) groups is 1. The molecule has 146 valence electrons. The number of anilines is 2. The fourth-order valence-corrected chi connectivity index (χ4v) is 4.55. The van der Waals surface area contributed by atoms with Gasteiger partial charge >= 0.3 is 0 Å². The van der Waals surface area contributed by atoms with Crippen LogP contribution in [0, 0.1) is 0 Å². The fourth-order valence-electron chi connectivity index (χ4n) is 2.10. The largest absolute Gasteiger partial charge is 0.356 e. The molecule has 2 N–H and O–H groups in total. The first-order chi connectivity index (χ1) is 13.4. The zero-order chi connectivity index (χ0) is 20.1. The molecule has 0 aliphatic heterocycles. The minimum Gasteiger partial charge on any atom is -0.356 e. The number of halogens is 4. The van der Waals surface area contributed by atoms with Crippen molar-refractivity contribution >= 4 is 86.2 Å². The molecule has 28 heavy (non-hydrogen) atoms. The van der Waals surface area contributed by atoms with Gasteiger partial charge in [0, 0.05) is 6.54 Å². The predicted molar refractivity (Wildman–Crippen MR) is 120 cm³/mol. The second-order valence-corrected chi connectivity index (χ2v) is 9.16. The van der Waals surface area contributed by atoms with E-state index in [9.17, 15) is 4.79 Å². The van der Waals surface area contributed by atoms with Gasteiger partial charge in [-0.3, -0.25) is 4.79 Å². The Kier molecular flexibility index (Phi) is 7.68. The van der Waals surface area contributed by atoms with Crippen LogP contribution in [0.15, 0.2) is 40.7 Å². The number of benzene rings is 2. The molecule has 0 bridgehead atoms. The second kappa shape index (κ2) is 10.0. The molecule has 0 spiro atoms. The zero-order valence-electron chi connectivity index (χ0n) is 14.0. The van der Waals surface area contributed by atoms with Crippen LogP contribution >= 0.6 is 69.5 Å². The molecule has 0 aliphatic carbocycles. The third kappa shape index (κ3) is 5.65. The number of amides is 1. The van der Waals surface area contributed by atoms with Crippen molar-refractivity contribution < 1.29 is 4.79 Å². The van der Waals surface area contributed by atoms with Crippen molar-refractivity contribution in [3.8, 4) is 0 Å². The van der Waals surface area contributed by atoms with Gasteiger partial charge in [-0.2, -0.15) is 0 Å². The number of hydrogen-bond acceptors (Lipinski definition) is 6. The highest BCUT2D eigenvalue weighted by molar-refractivity contribution is 8.01. The summed E-state index contributed by atoms with van der Waals surface area (Å²) >= 11 is 26.7. The summed E-state index contributed by atoms with van der Waals surface area (Å²) in [6.45, 7) is 0.646. The minimum atomic E-state index is -0.318. The van der Waals surface area contributed by atoms with Gasteiger partial charge in [0.1, 0.15) is 0 Å². The molecule has 11 heteroatoms. The van der Waals surface area contributed by atoms with Crippen LogP contribution in [-0.4, -0.2) is 21.9 Å². The number of carbonyl (C=O) groups excluding carboxylic acids is 1. The maximum atomic E-state index is 12.2. The molecule has 1 amide bonds. The highest BCUT2D eigenvalue weighted by Crippen LogP contribution is 2.41. The number of nitrogens with zero attached hydrogens (tertiary/aromatic N) is 2. The molecule has 3 aromatic rings. The lowest BCUT2D eigenvalue weighted by molar-refractivity contribution is -0.113. The lowest BCUT2D eigenvalue weighted by atomic mass is 10.2. The smallest absolute Gasteiger partial charge is 0.234 e. The summed E-state index contributed by atoms with van der Waals surface area (Å²) < 4.78 is 0.659. The third-order valence-electron chi connectivity index (χ3n) is 3.40. The normalized spacial score (nSPS) is 10.7. The number of nitrogens with one attached hydrogen (secondary N) is 2. The number of hydrogen-bond donors (Lipinski definition) is 2. The lowest BCUT2D eigenvalue weighted by Gasteiger charge is -2.11. The van der Waals surface area contributed by atoms with Crippen LogP contribution in [-0.2, 0) is 11.3 Å². The third-order valence-corrected chi connectivity index (χ3v) is 6.99. The second-order valence-electron chi connectivity index (χ2n) is 5.39. The first-order valence-electron chi connectivity index (χ1n) is 7.81. The van der Waals surface area contributed by atoms with Crippen molar-refractivity contribution in [1.82, 2.24) is 10.2 Å². The number of rotatable bonds is 7. The zero-order valence-corrected chi connectivity index (χ0v) is 18.7. The lowest BCUT2D eigenvalue weighted by Crippen LogP contribution is -2.14. The number of aromatic nitrogens is 2. The van der Waals surface area contributed by atoms with Crippen molar-refractivity contribution in [2.45, 2.75) is 10.9 Å². The van der Waals surface area contributed by atoms with Gasteiger partial charge in [-0.05, 0) is 11.6 Å². The molecule has 3 rings (SSSR count). The molecule has 0 radical (unpaired) electrons. The van der Waals surface area contributed by atoms with Gasteiger partial charge in [0.25, 0.3) is 0 Å². The van der Waals surface area contributed by atoms with Gasteiger partial charge in [-0.25, -0.2) is 0 Å². The van der Waals surface area contributed by atoms with E-state index < -0.39 is 0 Å². The molecule has 5 nitrogen and oxygen atoms in total. The van der Waals surface area contributed by atoms with Crippen LogP contribution in [0.2, 0.25) is 20.1 Å². The van der Waals surface area contributed by atoms with Crippen LogP contribution in [0.5, 0.6) is 0 Å². The first kappa shape index (κ1) is 21.5. The average Bonchev–Trinajstić information content (AvgIpc) is 3.15. The molecule has 0 saturated heterocycles. The summed E-state index contributed by atoms with van der Waals surface area (Å²) in [6, 6.07) is 11.4. The van der Waals surface area contributed by atoms with Gasteiger partial charge in [0.2, 0.25) is 11.0 Å². The predicted octanol–water partition coefficient (Wildman–Crippen LogP) is 6.49. The molecular weight excluding hydrogens is 482 g/mol. The van der Waals surface area contributed by atoms with E-state index in [4.69, 9.17) is 46.4 Å². The van der Waals surface area contributed by atoms with E-state index >= 15 is 0 Å². The van der Waals surface area contributed by atoms with Crippen LogP contribution in [0.1, 0.15) is 5.56 Å². The van der Waals surface area contributed by atoms with Crippen LogP contribution in [0.4, 0.5) is 10.8 Å². The standard InChI is InChI=1S/C17H12Cl4N4OS2/c18-10-6-11(19)14(21)15(13(10)20)23-12(26)8-27-17-25-24-16(28-17)22-7-9-4-2-1-3-5-9/h1-6H,7-8H2,(H,22,24)(H,23,26). The van der Waals surface area contributed by atoms with E-state index in [2.05, 4.69) is 20.8 Å². The van der Waals surface area contributed by atoms with Crippen molar-refractivity contribution in [3.63, 3.8) is 0 Å². The van der Waals surface area contributed by atoms with Gasteiger partial charge in [-0.1, -0.05) is 99.8 Å². The molecule has 0 fully saturated rings. The van der Waals surface area contributed by atoms with E-state index in [1.165, 1.54) is 29.2 Å². The van der Waals surface area contributed by atoms with Crippen molar-refractivity contribution in [2.75, 3.05) is 16.4 Å². The molecule has 0 unspecified atom stereocenters. The van der Waals surface area contributed by atoms with Crippen molar-refractivity contribution in [1.29, 1.82) is 0 Å². The highest BCUT2D eigenvalue weighted by Gasteiger charge is 2.17. The van der Waals surface area contributed by atoms with Crippen molar-refractivity contribution in [3.05, 3.63) is 62.1 Å². The Bertz CT molecular complexity index is 959.